The molecular formula is C21H20N4O3S. The predicted molar refractivity (Wildman–Crippen MR) is 111 cm³/mol. The number of aromatic nitrogens is 3. The maximum Gasteiger partial charge on any atom is 0.247 e. The van der Waals surface area contributed by atoms with Crippen LogP contribution in [-0.2, 0) is 9.59 Å². The number of amides is 2. The molecule has 1 N–H and O–H groups in total. The number of aromatic amines is 1. The summed E-state index contributed by atoms with van der Waals surface area (Å²) in [6.07, 6.45) is 0.128. The van der Waals surface area contributed by atoms with Crippen LogP contribution in [0.3, 0.4) is 0 Å². The first-order chi connectivity index (χ1) is 14.0. The van der Waals surface area contributed by atoms with E-state index in [-0.39, 0.29) is 18.2 Å². The molecule has 1 aromatic heterocycles. The number of nitrogens with one attached hydrogen (secondary N) is 1. The third-order valence-electron chi connectivity index (χ3n) is 5.00. The zero-order chi connectivity index (χ0) is 20.5. The topological polar surface area (TPSA) is 88.2 Å². The lowest BCUT2D eigenvalue weighted by molar-refractivity contribution is -0.121. The number of hydrogen-bond acceptors (Lipinski definition) is 6. The molecule has 1 aliphatic rings. The highest BCUT2D eigenvalue weighted by Gasteiger charge is 2.41. The second-order valence-electron chi connectivity index (χ2n) is 6.79. The molecule has 0 radical (unpaired) electrons. The van der Waals surface area contributed by atoms with Crippen LogP contribution in [0.5, 0.6) is 5.75 Å². The van der Waals surface area contributed by atoms with Gasteiger partial charge in [-0.1, -0.05) is 23.9 Å². The Morgan fingerprint density at radius 3 is 2.62 bits per heavy atom. The molecule has 0 spiro atoms. The summed E-state index contributed by atoms with van der Waals surface area (Å²) >= 11 is 1.20. The second kappa shape index (κ2) is 7.71. The van der Waals surface area contributed by atoms with E-state index in [1.165, 1.54) is 16.7 Å². The van der Waals surface area contributed by atoms with Gasteiger partial charge in [-0.05, 0) is 55.3 Å². The number of aryl methyl sites for hydroxylation is 1. The van der Waals surface area contributed by atoms with Crippen LogP contribution in [-0.4, -0.2) is 39.4 Å². The SMILES string of the molecule is COc1ccc(-c2nc(S[C@@H]3CC(=O)N(c4cccc(C)c4C)C3=O)n[nH]2)cc1. The third kappa shape index (κ3) is 3.63. The average Bonchev–Trinajstić information content (AvgIpc) is 3.29. The lowest BCUT2D eigenvalue weighted by Gasteiger charge is -2.18. The maximum atomic E-state index is 12.9. The highest BCUT2D eigenvalue weighted by molar-refractivity contribution is 8.00. The molecule has 1 fully saturated rings. The van der Waals surface area contributed by atoms with Gasteiger partial charge in [-0.2, -0.15) is 0 Å². The molecule has 29 heavy (non-hydrogen) atoms. The number of carbonyl (C=O) groups excluding carboxylic acids is 2. The summed E-state index contributed by atoms with van der Waals surface area (Å²) in [6, 6.07) is 13.1. The first-order valence-electron chi connectivity index (χ1n) is 9.14. The van der Waals surface area contributed by atoms with E-state index in [1.54, 1.807) is 13.2 Å². The zero-order valence-electron chi connectivity index (χ0n) is 16.3. The normalized spacial score (nSPS) is 16.5. The number of ether oxygens (including phenoxy) is 1. The zero-order valence-corrected chi connectivity index (χ0v) is 17.1. The van der Waals surface area contributed by atoms with Crippen molar-refractivity contribution < 1.29 is 14.3 Å². The molecule has 1 aliphatic heterocycles. The van der Waals surface area contributed by atoms with E-state index < -0.39 is 5.25 Å². The highest BCUT2D eigenvalue weighted by atomic mass is 32.2. The van der Waals surface area contributed by atoms with Gasteiger partial charge in [-0.3, -0.25) is 14.7 Å². The van der Waals surface area contributed by atoms with Gasteiger partial charge in [0, 0.05) is 12.0 Å². The lowest BCUT2D eigenvalue weighted by Crippen LogP contribution is -2.31. The molecule has 148 valence electrons. The van der Waals surface area contributed by atoms with E-state index in [0.29, 0.717) is 16.7 Å². The number of thioether (sulfide) groups is 1. The summed E-state index contributed by atoms with van der Waals surface area (Å²) in [4.78, 5) is 31.3. The fraction of sp³-hybridized carbons (Fsp3) is 0.238. The third-order valence-corrected chi connectivity index (χ3v) is 6.04. The molecule has 2 heterocycles. The summed E-state index contributed by atoms with van der Waals surface area (Å²) in [5.74, 6) is 0.916. The van der Waals surface area contributed by atoms with Crippen molar-refractivity contribution in [2.45, 2.75) is 30.7 Å². The number of nitrogens with zero attached hydrogens (tertiary/aromatic N) is 3. The van der Waals surface area contributed by atoms with Crippen LogP contribution < -0.4 is 9.64 Å². The van der Waals surface area contributed by atoms with Gasteiger partial charge in [-0.25, -0.2) is 9.88 Å². The van der Waals surface area contributed by atoms with Crippen molar-refractivity contribution in [1.82, 2.24) is 15.2 Å². The van der Waals surface area contributed by atoms with Crippen LogP contribution in [0.15, 0.2) is 47.6 Å². The van der Waals surface area contributed by atoms with E-state index >= 15 is 0 Å². The minimum Gasteiger partial charge on any atom is -0.497 e. The summed E-state index contributed by atoms with van der Waals surface area (Å²) in [5.41, 5.74) is 3.48. The molecular weight excluding hydrogens is 388 g/mol. The van der Waals surface area contributed by atoms with E-state index in [9.17, 15) is 9.59 Å². The maximum absolute atomic E-state index is 12.9. The van der Waals surface area contributed by atoms with Crippen LogP contribution >= 0.6 is 11.8 Å². The molecule has 7 nitrogen and oxygen atoms in total. The van der Waals surface area contributed by atoms with Crippen LogP contribution in [0.1, 0.15) is 17.5 Å². The van der Waals surface area contributed by atoms with Gasteiger partial charge in [0.1, 0.15) is 11.0 Å². The number of hydrogen-bond donors (Lipinski definition) is 1. The number of rotatable bonds is 5. The Kier molecular flexibility index (Phi) is 5.10. The molecule has 0 saturated carbocycles. The van der Waals surface area contributed by atoms with Gasteiger partial charge in [0.15, 0.2) is 5.82 Å². The Balaban J connectivity index is 1.52. The minimum atomic E-state index is -0.540. The molecule has 4 rings (SSSR count). The van der Waals surface area contributed by atoms with Gasteiger partial charge in [-0.15, -0.1) is 5.10 Å². The number of imide groups is 1. The van der Waals surface area contributed by atoms with Gasteiger partial charge in [0.2, 0.25) is 17.0 Å². The number of H-pyrrole nitrogens is 1. The first kappa shape index (κ1) is 19.2. The van der Waals surface area contributed by atoms with Crippen molar-refractivity contribution in [2.24, 2.45) is 0 Å². The van der Waals surface area contributed by atoms with Crippen molar-refractivity contribution in [3.8, 4) is 17.1 Å². The van der Waals surface area contributed by atoms with Crippen LogP contribution in [0, 0.1) is 13.8 Å². The quantitative estimate of drug-likeness (QED) is 0.650. The number of carbonyl (C=O) groups is 2. The lowest BCUT2D eigenvalue weighted by atomic mass is 10.1. The van der Waals surface area contributed by atoms with Crippen molar-refractivity contribution in [1.29, 1.82) is 0 Å². The van der Waals surface area contributed by atoms with Gasteiger partial charge < -0.3 is 4.74 Å². The average molecular weight is 408 g/mol. The molecule has 1 saturated heterocycles. The van der Waals surface area contributed by atoms with Crippen molar-refractivity contribution in [2.75, 3.05) is 12.0 Å². The Labute approximate surface area is 172 Å². The number of anilines is 1. The van der Waals surface area contributed by atoms with E-state index in [4.69, 9.17) is 4.74 Å². The molecule has 0 unspecified atom stereocenters. The van der Waals surface area contributed by atoms with Crippen LogP contribution in [0.2, 0.25) is 0 Å². The molecule has 0 aliphatic carbocycles. The molecule has 3 aromatic rings. The fourth-order valence-electron chi connectivity index (χ4n) is 3.23. The Morgan fingerprint density at radius 1 is 1.14 bits per heavy atom. The standard InChI is InChI=1S/C21H20N4O3S/c1-12-5-4-6-16(13(12)2)25-18(26)11-17(20(25)27)29-21-22-19(23-24-21)14-7-9-15(28-3)10-8-14/h4-10,17H,11H2,1-3H3,(H,22,23,24)/t17-/m1/s1. The van der Waals surface area contributed by atoms with E-state index in [2.05, 4.69) is 15.2 Å². The molecule has 2 aromatic carbocycles. The Hall–Kier alpha value is -3.13. The second-order valence-corrected chi connectivity index (χ2v) is 7.96. The van der Waals surface area contributed by atoms with Crippen molar-refractivity contribution in [3.63, 3.8) is 0 Å². The summed E-state index contributed by atoms with van der Waals surface area (Å²) in [6.45, 7) is 3.88. The van der Waals surface area contributed by atoms with Gasteiger partial charge >= 0.3 is 0 Å². The largest absolute Gasteiger partial charge is 0.497 e. The minimum absolute atomic E-state index is 0.128. The fourth-order valence-corrected chi connectivity index (χ4v) is 4.16. The predicted octanol–water partition coefficient (Wildman–Crippen LogP) is 3.52. The van der Waals surface area contributed by atoms with Crippen LogP contribution in [0.25, 0.3) is 11.4 Å². The van der Waals surface area contributed by atoms with E-state index in [1.807, 2.05) is 50.2 Å². The van der Waals surface area contributed by atoms with Gasteiger partial charge in [0.05, 0.1) is 12.8 Å². The molecule has 1 atom stereocenters. The summed E-state index contributed by atoms with van der Waals surface area (Å²) in [7, 11) is 1.61. The van der Waals surface area contributed by atoms with Crippen molar-refractivity contribution >= 4 is 29.3 Å². The molecule has 2 amide bonds. The van der Waals surface area contributed by atoms with Gasteiger partial charge in [0.25, 0.3) is 0 Å². The Morgan fingerprint density at radius 2 is 1.90 bits per heavy atom. The highest BCUT2D eigenvalue weighted by Crippen LogP contribution is 2.35. The summed E-state index contributed by atoms with van der Waals surface area (Å²) < 4.78 is 5.16. The number of benzene rings is 2. The number of methoxy groups -OCH3 is 1. The molecule has 0 bridgehead atoms. The van der Waals surface area contributed by atoms with Crippen LogP contribution in [0.4, 0.5) is 5.69 Å². The smallest absolute Gasteiger partial charge is 0.247 e. The van der Waals surface area contributed by atoms with E-state index in [0.717, 1.165) is 22.4 Å². The summed E-state index contributed by atoms with van der Waals surface area (Å²) in [5, 5.41) is 6.98. The first-order valence-corrected chi connectivity index (χ1v) is 10.0. The Bertz CT molecular complexity index is 1080. The van der Waals surface area contributed by atoms with Crippen molar-refractivity contribution in [3.05, 3.63) is 53.6 Å². The molecule has 8 heteroatoms. The monoisotopic (exact) mass is 408 g/mol.